The van der Waals surface area contributed by atoms with Gasteiger partial charge in [0.25, 0.3) is 0 Å². The van der Waals surface area contributed by atoms with Crippen LogP contribution in [0.4, 0.5) is 5.69 Å². The average molecular weight is 479 g/mol. The molecule has 7 heteroatoms. The highest BCUT2D eigenvalue weighted by Crippen LogP contribution is 2.49. The van der Waals surface area contributed by atoms with Crippen molar-refractivity contribution in [2.45, 2.75) is 76.7 Å². The Hall–Kier alpha value is -3.48. The number of nitrogens with two attached hydrogens (primary N) is 1. The van der Waals surface area contributed by atoms with Crippen LogP contribution in [0.15, 0.2) is 42.5 Å². The Balaban J connectivity index is 2.41. The Morgan fingerprint density at radius 2 is 1.74 bits per heavy atom. The van der Waals surface area contributed by atoms with Gasteiger partial charge in [-0.1, -0.05) is 76.9 Å². The number of hydrogen-bond donors (Lipinski definition) is 3. The van der Waals surface area contributed by atoms with Gasteiger partial charge in [-0.3, -0.25) is 19.2 Å². The molecule has 0 heterocycles. The summed E-state index contributed by atoms with van der Waals surface area (Å²) in [6, 6.07) is 11.5. The van der Waals surface area contributed by atoms with E-state index in [-0.39, 0.29) is 35.6 Å². The number of nitrogens with one attached hydrogen (secondary N) is 1. The standard InChI is InChI=1S/C28H34N2O5/c1-5-7-14-22(31)30-28(24(32)20-12-9-13-21(29)23(20)25(28)33)27(15-6-2,26(34)35)19-11-8-10-18(16-19)17(3)4/h8-13,16-17H,5-7,14-15,29H2,1-4H3,(H,30,31)(H,34,35). The van der Waals surface area contributed by atoms with E-state index in [1.807, 2.05) is 26.8 Å². The van der Waals surface area contributed by atoms with Crippen molar-refractivity contribution in [2.24, 2.45) is 0 Å². The van der Waals surface area contributed by atoms with Gasteiger partial charge in [-0.2, -0.15) is 0 Å². The lowest BCUT2D eigenvalue weighted by Crippen LogP contribution is -2.71. The summed E-state index contributed by atoms with van der Waals surface area (Å²) in [6.45, 7) is 7.67. The van der Waals surface area contributed by atoms with Crippen molar-refractivity contribution in [2.75, 3.05) is 5.73 Å². The molecule has 2 aromatic rings. The number of amides is 1. The molecular formula is C28H34N2O5. The third kappa shape index (κ3) is 4.03. The summed E-state index contributed by atoms with van der Waals surface area (Å²) in [7, 11) is 0. The van der Waals surface area contributed by atoms with Gasteiger partial charge in [0.2, 0.25) is 11.7 Å². The molecule has 0 spiro atoms. The highest BCUT2D eigenvalue weighted by Gasteiger charge is 2.70. The zero-order valence-corrected chi connectivity index (χ0v) is 20.8. The molecule has 2 aromatic carbocycles. The molecule has 1 aliphatic carbocycles. The molecule has 0 aliphatic heterocycles. The van der Waals surface area contributed by atoms with Gasteiger partial charge in [0.1, 0.15) is 5.41 Å². The first-order chi connectivity index (χ1) is 16.6. The number of anilines is 1. The van der Waals surface area contributed by atoms with Crippen LogP contribution in [0.1, 0.15) is 97.6 Å². The fourth-order valence-electron chi connectivity index (χ4n) is 5.20. The average Bonchev–Trinajstić information content (AvgIpc) is 3.04. The molecule has 4 N–H and O–H groups in total. The van der Waals surface area contributed by atoms with Gasteiger partial charge in [-0.25, -0.2) is 0 Å². The summed E-state index contributed by atoms with van der Waals surface area (Å²) < 4.78 is 0. The van der Waals surface area contributed by atoms with Gasteiger partial charge in [0, 0.05) is 17.7 Å². The molecule has 0 saturated heterocycles. The van der Waals surface area contributed by atoms with Crippen LogP contribution in [-0.4, -0.2) is 34.1 Å². The second kappa shape index (κ2) is 10.0. The van der Waals surface area contributed by atoms with Gasteiger partial charge in [-0.15, -0.1) is 0 Å². The van der Waals surface area contributed by atoms with Crippen LogP contribution >= 0.6 is 0 Å². The summed E-state index contributed by atoms with van der Waals surface area (Å²) in [6.07, 6.45) is 1.65. The van der Waals surface area contributed by atoms with Gasteiger partial charge < -0.3 is 16.2 Å². The molecule has 3 rings (SSSR count). The van der Waals surface area contributed by atoms with Gasteiger partial charge in [-0.05, 0) is 36.0 Å². The number of carboxylic acids is 1. The Morgan fingerprint density at radius 3 is 2.31 bits per heavy atom. The van der Waals surface area contributed by atoms with E-state index >= 15 is 0 Å². The Morgan fingerprint density at radius 1 is 1.06 bits per heavy atom. The van der Waals surface area contributed by atoms with Crippen molar-refractivity contribution < 1.29 is 24.3 Å². The van der Waals surface area contributed by atoms with Crippen LogP contribution < -0.4 is 11.1 Å². The number of hydrogen-bond acceptors (Lipinski definition) is 5. The topological polar surface area (TPSA) is 127 Å². The SMILES string of the molecule is CCCCC(=O)NC1(C(CCC)(C(=O)O)c2cccc(C(C)C)c2)C(=O)c2cccc(N)c2C1=O. The lowest BCUT2D eigenvalue weighted by atomic mass is 9.59. The van der Waals surface area contributed by atoms with Crippen LogP contribution in [0.2, 0.25) is 0 Å². The van der Waals surface area contributed by atoms with E-state index in [4.69, 9.17) is 5.73 Å². The number of benzene rings is 2. The minimum Gasteiger partial charge on any atom is -0.480 e. The van der Waals surface area contributed by atoms with E-state index in [2.05, 4.69) is 5.32 Å². The minimum atomic E-state index is -2.35. The first kappa shape index (κ1) is 26.1. The molecule has 0 bridgehead atoms. The molecule has 1 amide bonds. The molecule has 0 saturated carbocycles. The summed E-state index contributed by atoms with van der Waals surface area (Å²) in [5.74, 6) is -3.31. The number of Topliss-reactive ketones (excluding diaryl/α,β-unsaturated/α-hetero) is 2. The van der Waals surface area contributed by atoms with Crippen LogP contribution in [0.25, 0.3) is 0 Å². The molecule has 0 radical (unpaired) electrons. The second-order valence-corrected chi connectivity index (χ2v) is 9.57. The maximum Gasteiger partial charge on any atom is 0.317 e. The number of fused-ring (bicyclic) bond motifs is 1. The van der Waals surface area contributed by atoms with E-state index in [0.29, 0.717) is 18.4 Å². The quantitative estimate of drug-likeness (QED) is 0.337. The van der Waals surface area contributed by atoms with E-state index in [1.54, 1.807) is 31.2 Å². The largest absolute Gasteiger partial charge is 0.480 e. The fourth-order valence-corrected chi connectivity index (χ4v) is 5.20. The monoisotopic (exact) mass is 478 g/mol. The number of nitrogen functional groups attached to an aromatic ring is 1. The van der Waals surface area contributed by atoms with Crippen molar-refractivity contribution >= 4 is 29.1 Å². The molecule has 7 nitrogen and oxygen atoms in total. The highest BCUT2D eigenvalue weighted by atomic mass is 16.4. The Bertz CT molecular complexity index is 1170. The van der Waals surface area contributed by atoms with Gasteiger partial charge in [0.15, 0.2) is 11.3 Å². The third-order valence-corrected chi connectivity index (χ3v) is 7.01. The van der Waals surface area contributed by atoms with Crippen molar-refractivity contribution in [1.82, 2.24) is 5.32 Å². The van der Waals surface area contributed by atoms with Crippen LogP contribution in [0, 0.1) is 0 Å². The molecule has 35 heavy (non-hydrogen) atoms. The maximum absolute atomic E-state index is 14.2. The number of carbonyl (C=O) groups is 4. The smallest absolute Gasteiger partial charge is 0.317 e. The first-order valence-corrected chi connectivity index (χ1v) is 12.2. The summed E-state index contributed by atoms with van der Waals surface area (Å²) in [5, 5.41) is 13.5. The lowest BCUT2D eigenvalue weighted by Gasteiger charge is -2.44. The Labute approximate surface area is 206 Å². The predicted octanol–water partition coefficient (Wildman–Crippen LogP) is 4.64. The van der Waals surface area contributed by atoms with Gasteiger partial charge in [0.05, 0.1) is 5.56 Å². The van der Waals surface area contributed by atoms with Crippen molar-refractivity contribution in [3.8, 4) is 0 Å². The molecule has 2 atom stereocenters. The normalized spacial score (nSPS) is 18.9. The molecule has 186 valence electrons. The molecular weight excluding hydrogens is 444 g/mol. The zero-order chi connectivity index (χ0) is 26.0. The lowest BCUT2D eigenvalue weighted by molar-refractivity contribution is -0.147. The Kier molecular flexibility index (Phi) is 7.48. The number of ketones is 2. The fraction of sp³-hybridized carbons (Fsp3) is 0.429. The van der Waals surface area contributed by atoms with Crippen molar-refractivity contribution in [3.63, 3.8) is 0 Å². The van der Waals surface area contributed by atoms with E-state index in [0.717, 1.165) is 12.0 Å². The maximum atomic E-state index is 14.2. The van der Waals surface area contributed by atoms with Crippen molar-refractivity contribution in [3.05, 3.63) is 64.7 Å². The van der Waals surface area contributed by atoms with Crippen molar-refractivity contribution in [1.29, 1.82) is 0 Å². The number of rotatable bonds is 10. The second-order valence-electron chi connectivity index (χ2n) is 9.57. The van der Waals surface area contributed by atoms with Gasteiger partial charge >= 0.3 is 5.97 Å². The molecule has 1 aliphatic rings. The summed E-state index contributed by atoms with van der Waals surface area (Å²) >= 11 is 0. The van der Waals surface area contributed by atoms with Crippen LogP contribution in [0.5, 0.6) is 0 Å². The summed E-state index contributed by atoms with van der Waals surface area (Å²) in [5.41, 5.74) is 2.99. The molecule has 2 unspecified atom stereocenters. The molecule has 0 aromatic heterocycles. The third-order valence-electron chi connectivity index (χ3n) is 7.01. The first-order valence-electron chi connectivity index (χ1n) is 12.2. The van der Waals surface area contributed by atoms with Crippen LogP contribution in [-0.2, 0) is 15.0 Å². The van der Waals surface area contributed by atoms with E-state index in [9.17, 15) is 24.3 Å². The van der Waals surface area contributed by atoms with E-state index in [1.165, 1.54) is 12.1 Å². The number of carbonyl (C=O) groups excluding carboxylic acids is 3. The summed E-state index contributed by atoms with van der Waals surface area (Å²) in [4.78, 5) is 54.8. The van der Waals surface area contributed by atoms with Crippen LogP contribution in [0.3, 0.4) is 0 Å². The predicted molar refractivity (Wildman–Crippen MR) is 135 cm³/mol. The zero-order valence-electron chi connectivity index (χ0n) is 20.8. The highest BCUT2D eigenvalue weighted by molar-refractivity contribution is 6.38. The number of unbranched alkanes of at least 4 members (excludes halogenated alkanes) is 1. The molecule has 0 fully saturated rings. The minimum absolute atomic E-state index is 0.0324. The number of aliphatic carboxylic acids is 1. The van der Waals surface area contributed by atoms with E-state index < -0.39 is 34.4 Å². The number of carboxylic acid groups (broad SMARTS) is 1.